The van der Waals surface area contributed by atoms with Crippen LogP contribution in [0.15, 0.2) is 37.2 Å². The molecule has 3 aromatic rings. The summed E-state index contributed by atoms with van der Waals surface area (Å²) in [4.78, 5) is 0. The van der Waals surface area contributed by atoms with Crippen molar-refractivity contribution < 1.29 is 8.78 Å². The van der Waals surface area contributed by atoms with E-state index in [-0.39, 0.29) is 18.9 Å². The van der Waals surface area contributed by atoms with Crippen molar-refractivity contribution in [1.82, 2.24) is 25.3 Å². The molecule has 1 aliphatic carbocycles. The minimum absolute atomic E-state index is 0.00911. The SMILES string of the molecule is C=C(NC1CCC(F)(F)CC1)c1n[nH]c2ccc(-c3cnn(CC)c3)cc12. The molecule has 142 valence electrons. The van der Waals surface area contributed by atoms with E-state index in [4.69, 9.17) is 0 Å². The first kappa shape index (κ1) is 17.7. The lowest BCUT2D eigenvalue weighted by Gasteiger charge is -2.29. The summed E-state index contributed by atoms with van der Waals surface area (Å²) in [5.41, 5.74) is 4.40. The van der Waals surface area contributed by atoms with E-state index in [1.165, 1.54) is 0 Å². The number of nitrogens with one attached hydrogen (secondary N) is 2. The van der Waals surface area contributed by atoms with Crippen LogP contribution in [-0.2, 0) is 6.54 Å². The van der Waals surface area contributed by atoms with E-state index in [0.29, 0.717) is 18.5 Å². The summed E-state index contributed by atoms with van der Waals surface area (Å²) in [5.74, 6) is -2.53. The number of aromatic amines is 1. The van der Waals surface area contributed by atoms with Crippen LogP contribution in [0.1, 0.15) is 38.3 Å². The zero-order chi connectivity index (χ0) is 19.0. The second-order valence-corrected chi connectivity index (χ2v) is 7.17. The van der Waals surface area contributed by atoms with Gasteiger partial charge >= 0.3 is 0 Å². The van der Waals surface area contributed by atoms with Crippen LogP contribution in [-0.4, -0.2) is 31.9 Å². The molecule has 1 aliphatic rings. The number of hydrogen-bond acceptors (Lipinski definition) is 3. The van der Waals surface area contributed by atoms with Gasteiger partial charge in [0, 0.05) is 42.6 Å². The molecule has 0 spiro atoms. The van der Waals surface area contributed by atoms with Crippen LogP contribution in [0.25, 0.3) is 27.7 Å². The first-order valence-electron chi connectivity index (χ1n) is 9.30. The number of benzene rings is 1. The number of H-pyrrole nitrogens is 1. The zero-order valence-corrected chi connectivity index (χ0v) is 15.3. The van der Waals surface area contributed by atoms with Gasteiger partial charge in [0.25, 0.3) is 0 Å². The molecule has 1 saturated carbocycles. The Hall–Kier alpha value is -2.70. The number of alkyl halides is 2. The Morgan fingerprint density at radius 2 is 2.11 bits per heavy atom. The molecule has 5 nitrogen and oxygen atoms in total. The van der Waals surface area contributed by atoms with Crippen molar-refractivity contribution in [1.29, 1.82) is 0 Å². The van der Waals surface area contributed by atoms with Crippen LogP contribution in [0.5, 0.6) is 0 Å². The van der Waals surface area contributed by atoms with Gasteiger partial charge in [-0.1, -0.05) is 12.6 Å². The summed E-state index contributed by atoms with van der Waals surface area (Å²) >= 11 is 0. The van der Waals surface area contributed by atoms with Crippen LogP contribution < -0.4 is 5.32 Å². The van der Waals surface area contributed by atoms with Gasteiger partial charge in [-0.3, -0.25) is 9.78 Å². The van der Waals surface area contributed by atoms with Crippen molar-refractivity contribution in [3.8, 4) is 11.1 Å². The van der Waals surface area contributed by atoms with Crippen LogP contribution in [0, 0.1) is 0 Å². The largest absolute Gasteiger partial charge is 0.381 e. The predicted molar refractivity (Wildman–Crippen MR) is 102 cm³/mol. The normalized spacial score (nSPS) is 17.3. The van der Waals surface area contributed by atoms with Crippen LogP contribution >= 0.6 is 0 Å². The Morgan fingerprint density at radius 3 is 2.81 bits per heavy atom. The molecule has 1 fully saturated rings. The van der Waals surface area contributed by atoms with Crippen molar-refractivity contribution in [2.24, 2.45) is 0 Å². The highest BCUT2D eigenvalue weighted by molar-refractivity contribution is 5.92. The number of rotatable bonds is 5. The summed E-state index contributed by atoms with van der Waals surface area (Å²) in [6, 6.07) is 6.09. The first-order chi connectivity index (χ1) is 12.9. The molecule has 1 aromatic carbocycles. The van der Waals surface area contributed by atoms with Crippen LogP contribution in [0.4, 0.5) is 8.78 Å². The smallest absolute Gasteiger partial charge is 0.248 e. The van der Waals surface area contributed by atoms with E-state index in [2.05, 4.69) is 33.3 Å². The van der Waals surface area contributed by atoms with Gasteiger partial charge in [-0.15, -0.1) is 0 Å². The van der Waals surface area contributed by atoms with Gasteiger partial charge in [-0.2, -0.15) is 10.2 Å². The highest BCUT2D eigenvalue weighted by atomic mass is 19.3. The Bertz CT molecular complexity index is 962. The summed E-state index contributed by atoms with van der Waals surface area (Å²) in [6.45, 7) is 6.97. The molecule has 7 heteroatoms. The van der Waals surface area contributed by atoms with Gasteiger partial charge in [0.2, 0.25) is 5.92 Å². The van der Waals surface area contributed by atoms with Crippen LogP contribution in [0.3, 0.4) is 0 Å². The quantitative estimate of drug-likeness (QED) is 0.690. The fraction of sp³-hybridized carbons (Fsp3) is 0.400. The lowest BCUT2D eigenvalue weighted by molar-refractivity contribution is -0.0392. The van der Waals surface area contributed by atoms with E-state index in [1.54, 1.807) is 0 Å². The van der Waals surface area contributed by atoms with E-state index in [9.17, 15) is 8.78 Å². The predicted octanol–water partition coefficient (Wildman–Crippen LogP) is 4.58. The summed E-state index contributed by atoms with van der Waals surface area (Å²) in [7, 11) is 0. The van der Waals surface area contributed by atoms with E-state index < -0.39 is 5.92 Å². The third-order valence-electron chi connectivity index (χ3n) is 5.23. The number of nitrogens with zero attached hydrogens (tertiary/aromatic N) is 3. The second kappa shape index (κ2) is 6.79. The third-order valence-corrected chi connectivity index (χ3v) is 5.23. The van der Waals surface area contributed by atoms with Crippen molar-refractivity contribution in [3.05, 3.63) is 42.9 Å². The molecule has 0 amide bonds. The standard InChI is InChI=1S/C20H23F2N5/c1-3-27-12-15(11-23-27)14-4-5-18-17(10-14)19(26-25-18)13(2)24-16-6-8-20(21,22)9-7-16/h4-5,10-12,16,24H,2-3,6-9H2,1H3,(H,25,26). The van der Waals surface area contributed by atoms with Crippen molar-refractivity contribution in [3.63, 3.8) is 0 Å². The summed E-state index contributed by atoms with van der Waals surface area (Å²) in [5, 5.41) is 16.0. The zero-order valence-electron chi connectivity index (χ0n) is 15.3. The highest BCUT2D eigenvalue weighted by Gasteiger charge is 2.35. The second-order valence-electron chi connectivity index (χ2n) is 7.17. The number of hydrogen-bond donors (Lipinski definition) is 2. The molecule has 2 heterocycles. The molecule has 27 heavy (non-hydrogen) atoms. The molecule has 0 aliphatic heterocycles. The summed E-state index contributed by atoms with van der Waals surface area (Å²) < 4.78 is 28.6. The monoisotopic (exact) mass is 371 g/mol. The highest BCUT2D eigenvalue weighted by Crippen LogP contribution is 2.34. The average Bonchev–Trinajstić information content (AvgIpc) is 3.29. The molecule has 0 unspecified atom stereocenters. The first-order valence-corrected chi connectivity index (χ1v) is 9.30. The van der Waals surface area contributed by atoms with Crippen molar-refractivity contribution in [2.45, 2.75) is 51.1 Å². The van der Waals surface area contributed by atoms with Crippen molar-refractivity contribution >= 4 is 16.6 Å². The fourth-order valence-corrected chi connectivity index (χ4v) is 3.61. The minimum Gasteiger partial charge on any atom is -0.381 e. The molecule has 4 rings (SSSR count). The van der Waals surface area contributed by atoms with E-state index >= 15 is 0 Å². The third kappa shape index (κ3) is 3.59. The fourth-order valence-electron chi connectivity index (χ4n) is 3.61. The average molecular weight is 371 g/mol. The molecular formula is C20H23F2N5. The maximum Gasteiger partial charge on any atom is 0.248 e. The summed E-state index contributed by atoms with van der Waals surface area (Å²) in [6.07, 6.45) is 4.58. The van der Waals surface area contributed by atoms with Gasteiger partial charge in [0.1, 0.15) is 5.69 Å². The number of fused-ring (bicyclic) bond motifs is 1. The van der Waals surface area contributed by atoms with Gasteiger partial charge < -0.3 is 5.32 Å². The molecule has 0 bridgehead atoms. The van der Waals surface area contributed by atoms with Gasteiger partial charge in [-0.25, -0.2) is 8.78 Å². The van der Waals surface area contributed by atoms with Crippen molar-refractivity contribution in [2.75, 3.05) is 0 Å². The molecule has 2 aromatic heterocycles. The molecule has 2 N–H and O–H groups in total. The Balaban J connectivity index is 1.56. The number of aromatic nitrogens is 4. The van der Waals surface area contributed by atoms with Gasteiger partial charge in [-0.05, 0) is 37.5 Å². The Kier molecular flexibility index (Phi) is 4.45. The maximum atomic E-state index is 13.4. The molecular weight excluding hydrogens is 348 g/mol. The Morgan fingerprint density at radius 1 is 1.33 bits per heavy atom. The van der Waals surface area contributed by atoms with Gasteiger partial charge in [0.05, 0.1) is 17.4 Å². The lowest BCUT2D eigenvalue weighted by Crippen LogP contribution is -2.36. The maximum absolute atomic E-state index is 13.4. The lowest BCUT2D eigenvalue weighted by atomic mass is 9.92. The molecule has 0 saturated heterocycles. The van der Waals surface area contributed by atoms with Gasteiger partial charge in [0.15, 0.2) is 0 Å². The minimum atomic E-state index is -2.53. The van der Waals surface area contributed by atoms with Crippen LogP contribution in [0.2, 0.25) is 0 Å². The Labute approximate surface area is 156 Å². The van der Waals surface area contributed by atoms with E-state index in [0.717, 1.165) is 34.3 Å². The number of halogens is 2. The van der Waals surface area contributed by atoms with E-state index in [1.807, 2.05) is 36.1 Å². The molecule has 0 atom stereocenters. The topological polar surface area (TPSA) is 58.5 Å². The molecule has 0 radical (unpaired) electrons. The number of aryl methyl sites for hydroxylation is 1.